The monoisotopic (exact) mass is 354 g/mol. The minimum Gasteiger partial charge on any atom is -0.497 e. The Labute approximate surface area is 140 Å². The average molecular weight is 354 g/mol. The van der Waals surface area contributed by atoms with Crippen molar-refractivity contribution in [3.05, 3.63) is 36.2 Å². The lowest BCUT2D eigenvalue weighted by Gasteiger charge is -2.12. The summed E-state index contributed by atoms with van der Waals surface area (Å²) in [5.41, 5.74) is 0.343. The standard InChI is InChI=1S/C15H18N2O6S/c1-17-9-11(8-13(17)15(18)23-4)24(19,20)16-12-7-10(21-2)5-6-14(12)22-3/h5-9,16H,1-4H3. The molecule has 8 nitrogen and oxygen atoms in total. The zero-order chi connectivity index (χ0) is 17.9. The van der Waals surface area contributed by atoms with E-state index >= 15 is 0 Å². The molecule has 9 heteroatoms. The third-order valence-corrected chi connectivity index (χ3v) is 4.67. The van der Waals surface area contributed by atoms with Gasteiger partial charge in [-0.3, -0.25) is 4.72 Å². The highest BCUT2D eigenvalue weighted by atomic mass is 32.2. The van der Waals surface area contributed by atoms with Crippen molar-refractivity contribution in [1.82, 2.24) is 4.57 Å². The largest absolute Gasteiger partial charge is 0.497 e. The second kappa shape index (κ2) is 6.83. The molecule has 2 rings (SSSR count). The highest BCUT2D eigenvalue weighted by Gasteiger charge is 2.22. The summed E-state index contributed by atoms with van der Waals surface area (Å²) in [7, 11) is 1.75. The first-order valence-electron chi connectivity index (χ1n) is 6.82. The molecule has 0 saturated heterocycles. The molecule has 0 aliphatic rings. The Hall–Kier alpha value is -2.68. The summed E-state index contributed by atoms with van der Waals surface area (Å²) < 4.78 is 43.8. The van der Waals surface area contributed by atoms with E-state index in [1.54, 1.807) is 19.2 Å². The molecule has 0 amide bonds. The van der Waals surface area contributed by atoms with Gasteiger partial charge < -0.3 is 18.8 Å². The third-order valence-electron chi connectivity index (χ3n) is 3.34. The second-order valence-electron chi connectivity index (χ2n) is 4.84. The molecule has 0 spiro atoms. The van der Waals surface area contributed by atoms with Crippen molar-refractivity contribution in [2.45, 2.75) is 4.90 Å². The first kappa shape index (κ1) is 17.7. The average Bonchev–Trinajstić information content (AvgIpc) is 2.96. The first-order valence-corrected chi connectivity index (χ1v) is 8.30. The number of carbonyl (C=O) groups excluding carboxylic acids is 1. The van der Waals surface area contributed by atoms with Crippen molar-refractivity contribution < 1.29 is 27.4 Å². The summed E-state index contributed by atoms with van der Waals surface area (Å²) in [6.07, 6.45) is 1.32. The number of esters is 1. The first-order chi connectivity index (χ1) is 11.3. The van der Waals surface area contributed by atoms with E-state index in [0.29, 0.717) is 11.5 Å². The maximum atomic E-state index is 12.6. The Morgan fingerprint density at radius 3 is 2.42 bits per heavy atom. The fourth-order valence-electron chi connectivity index (χ4n) is 2.09. The zero-order valence-electron chi connectivity index (χ0n) is 13.7. The van der Waals surface area contributed by atoms with Crippen LogP contribution in [0.5, 0.6) is 11.5 Å². The number of ether oxygens (including phenoxy) is 3. The van der Waals surface area contributed by atoms with Crippen molar-refractivity contribution in [2.24, 2.45) is 7.05 Å². The molecule has 1 N–H and O–H groups in total. The minimum atomic E-state index is -3.93. The molecule has 0 bridgehead atoms. The number of hydrogen-bond donors (Lipinski definition) is 1. The summed E-state index contributed by atoms with van der Waals surface area (Å²) in [5.74, 6) is 0.179. The maximum Gasteiger partial charge on any atom is 0.354 e. The summed E-state index contributed by atoms with van der Waals surface area (Å²) in [6.45, 7) is 0. The van der Waals surface area contributed by atoms with Crippen LogP contribution < -0.4 is 14.2 Å². The molecule has 1 heterocycles. The summed E-state index contributed by atoms with van der Waals surface area (Å²) in [6, 6.07) is 5.97. The molecule has 130 valence electrons. The zero-order valence-corrected chi connectivity index (χ0v) is 14.5. The van der Waals surface area contributed by atoms with E-state index < -0.39 is 16.0 Å². The number of sulfonamides is 1. The van der Waals surface area contributed by atoms with Crippen molar-refractivity contribution in [2.75, 3.05) is 26.1 Å². The van der Waals surface area contributed by atoms with E-state index in [9.17, 15) is 13.2 Å². The molecule has 24 heavy (non-hydrogen) atoms. The Balaban J connectivity index is 2.41. The molecular formula is C15H18N2O6S. The number of aromatic nitrogens is 1. The molecule has 1 aromatic heterocycles. The van der Waals surface area contributed by atoms with Crippen LogP contribution in [0, 0.1) is 0 Å². The Kier molecular flexibility index (Phi) is 5.03. The molecule has 0 radical (unpaired) electrons. The molecular weight excluding hydrogens is 336 g/mol. The van der Waals surface area contributed by atoms with Gasteiger partial charge in [0.1, 0.15) is 22.1 Å². The number of methoxy groups -OCH3 is 3. The highest BCUT2D eigenvalue weighted by Crippen LogP contribution is 2.31. The number of nitrogens with zero attached hydrogens (tertiary/aromatic N) is 1. The molecule has 2 aromatic rings. The molecule has 0 atom stereocenters. The van der Waals surface area contributed by atoms with E-state index in [1.807, 2.05) is 0 Å². The van der Waals surface area contributed by atoms with E-state index in [-0.39, 0.29) is 16.3 Å². The predicted octanol–water partition coefficient (Wildman–Crippen LogP) is 1.63. The molecule has 0 aliphatic carbocycles. The topological polar surface area (TPSA) is 95.9 Å². The van der Waals surface area contributed by atoms with Crippen LogP contribution >= 0.6 is 0 Å². The highest BCUT2D eigenvalue weighted by molar-refractivity contribution is 7.92. The lowest BCUT2D eigenvalue weighted by molar-refractivity contribution is 0.0590. The second-order valence-corrected chi connectivity index (χ2v) is 6.52. The number of benzene rings is 1. The van der Waals surface area contributed by atoms with Gasteiger partial charge in [0.05, 0.1) is 27.0 Å². The minimum absolute atomic E-state index is 0.0738. The molecule has 1 aromatic carbocycles. The maximum absolute atomic E-state index is 12.6. The Morgan fingerprint density at radius 1 is 1.12 bits per heavy atom. The van der Waals surface area contributed by atoms with Gasteiger partial charge in [0, 0.05) is 19.3 Å². The van der Waals surface area contributed by atoms with Crippen LogP contribution in [0.3, 0.4) is 0 Å². The van der Waals surface area contributed by atoms with Gasteiger partial charge in [-0.25, -0.2) is 13.2 Å². The van der Waals surface area contributed by atoms with Crippen LogP contribution in [0.4, 0.5) is 5.69 Å². The Bertz CT molecular complexity index is 857. The number of hydrogen-bond acceptors (Lipinski definition) is 6. The fraction of sp³-hybridized carbons (Fsp3) is 0.267. The van der Waals surface area contributed by atoms with Gasteiger partial charge in [0.15, 0.2) is 0 Å². The lowest BCUT2D eigenvalue weighted by Crippen LogP contribution is -2.13. The number of carbonyl (C=O) groups is 1. The molecule has 0 saturated carbocycles. The van der Waals surface area contributed by atoms with Crippen molar-refractivity contribution >= 4 is 21.7 Å². The van der Waals surface area contributed by atoms with Gasteiger partial charge in [-0.1, -0.05) is 0 Å². The van der Waals surface area contributed by atoms with Crippen molar-refractivity contribution in [3.63, 3.8) is 0 Å². The van der Waals surface area contributed by atoms with Gasteiger partial charge >= 0.3 is 5.97 Å². The van der Waals surface area contributed by atoms with E-state index in [2.05, 4.69) is 9.46 Å². The number of nitrogens with one attached hydrogen (secondary N) is 1. The lowest BCUT2D eigenvalue weighted by atomic mass is 10.3. The van der Waals surface area contributed by atoms with E-state index in [0.717, 1.165) is 0 Å². The van der Waals surface area contributed by atoms with Gasteiger partial charge in [-0.15, -0.1) is 0 Å². The van der Waals surface area contributed by atoms with Crippen molar-refractivity contribution in [3.8, 4) is 11.5 Å². The van der Waals surface area contributed by atoms with Crippen LogP contribution in [0.2, 0.25) is 0 Å². The summed E-state index contributed by atoms with van der Waals surface area (Å²) >= 11 is 0. The third kappa shape index (κ3) is 3.46. The predicted molar refractivity (Wildman–Crippen MR) is 87.1 cm³/mol. The molecule has 0 fully saturated rings. The van der Waals surface area contributed by atoms with Gasteiger partial charge in [-0.05, 0) is 18.2 Å². The normalized spacial score (nSPS) is 11.0. The van der Waals surface area contributed by atoms with E-state index in [1.165, 1.54) is 44.2 Å². The van der Waals surface area contributed by atoms with Crippen LogP contribution in [-0.2, 0) is 21.8 Å². The van der Waals surface area contributed by atoms with Gasteiger partial charge in [0.25, 0.3) is 10.0 Å². The quantitative estimate of drug-likeness (QED) is 0.792. The van der Waals surface area contributed by atoms with Crippen molar-refractivity contribution in [1.29, 1.82) is 0 Å². The smallest absolute Gasteiger partial charge is 0.354 e. The molecule has 0 aliphatic heterocycles. The SMILES string of the molecule is COC(=O)c1cc(S(=O)(=O)Nc2cc(OC)ccc2OC)cn1C. The van der Waals surface area contributed by atoms with Crippen LogP contribution in [0.25, 0.3) is 0 Å². The Morgan fingerprint density at radius 2 is 1.83 bits per heavy atom. The number of anilines is 1. The molecule has 0 unspecified atom stereocenters. The van der Waals surface area contributed by atoms with E-state index in [4.69, 9.17) is 9.47 Å². The van der Waals surface area contributed by atoms with Crippen LogP contribution in [-0.4, -0.2) is 40.3 Å². The van der Waals surface area contributed by atoms with Gasteiger partial charge in [-0.2, -0.15) is 0 Å². The summed E-state index contributed by atoms with van der Waals surface area (Å²) in [4.78, 5) is 11.5. The number of aryl methyl sites for hydroxylation is 1. The number of rotatable bonds is 6. The van der Waals surface area contributed by atoms with Crippen LogP contribution in [0.1, 0.15) is 10.5 Å². The van der Waals surface area contributed by atoms with Crippen LogP contribution in [0.15, 0.2) is 35.4 Å². The fourth-order valence-corrected chi connectivity index (χ4v) is 3.22. The summed E-state index contributed by atoms with van der Waals surface area (Å²) in [5, 5.41) is 0. The van der Waals surface area contributed by atoms with Gasteiger partial charge in [0.2, 0.25) is 0 Å².